The van der Waals surface area contributed by atoms with E-state index < -0.39 is 17.3 Å². The second-order valence-electron chi connectivity index (χ2n) is 6.85. The average molecular weight is 369 g/mol. The van der Waals surface area contributed by atoms with Gasteiger partial charge in [0.2, 0.25) is 0 Å². The zero-order chi connectivity index (χ0) is 19.1. The molecule has 0 aromatic heterocycles. The van der Waals surface area contributed by atoms with E-state index in [0.29, 0.717) is 32.5 Å². The van der Waals surface area contributed by atoms with Gasteiger partial charge in [0.25, 0.3) is 5.91 Å². The molecule has 5 nitrogen and oxygen atoms in total. The number of hydrogen-bond acceptors (Lipinski definition) is 3. The van der Waals surface area contributed by atoms with Gasteiger partial charge in [-0.05, 0) is 31.4 Å². The van der Waals surface area contributed by atoms with Crippen LogP contribution in [0.2, 0.25) is 0 Å². The lowest BCUT2D eigenvalue weighted by atomic mass is 9.85. The maximum atomic E-state index is 13.2. The molecule has 0 saturated carbocycles. The van der Waals surface area contributed by atoms with Gasteiger partial charge in [0.1, 0.15) is 5.54 Å². The molecule has 142 valence electrons. The number of urea groups is 1. The fourth-order valence-corrected chi connectivity index (χ4v) is 4.06. The first-order valence-corrected chi connectivity index (χ1v) is 8.68. The third-order valence-corrected chi connectivity index (χ3v) is 5.45. The molecule has 2 saturated heterocycles. The van der Waals surface area contributed by atoms with Gasteiger partial charge in [-0.1, -0.05) is 18.2 Å². The Kier molecular flexibility index (Phi) is 4.72. The Hall–Kier alpha value is -2.09. The summed E-state index contributed by atoms with van der Waals surface area (Å²) in [5, 5.41) is 0. The van der Waals surface area contributed by atoms with Crippen LogP contribution in [-0.4, -0.2) is 58.9 Å². The van der Waals surface area contributed by atoms with E-state index in [0.717, 1.165) is 11.0 Å². The Morgan fingerprint density at radius 3 is 2.31 bits per heavy atom. The smallest absolute Gasteiger partial charge is 0.310 e. The van der Waals surface area contributed by atoms with E-state index in [2.05, 4.69) is 0 Å². The summed E-state index contributed by atoms with van der Waals surface area (Å²) in [4.78, 5) is 29.5. The molecule has 0 aliphatic carbocycles. The summed E-state index contributed by atoms with van der Waals surface area (Å²) in [6.45, 7) is 3.38. The topological polar surface area (TPSA) is 43.9 Å². The van der Waals surface area contributed by atoms with Crippen LogP contribution in [0, 0.1) is 0 Å². The number of nitrogens with zero attached hydrogens (tertiary/aromatic N) is 3. The molecule has 8 heteroatoms. The summed E-state index contributed by atoms with van der Waals surface area (Å²) in [6, 6.07) is 5.27. The van der Waals surface area contributed by atoms with Crippen molar-refractivity contribution in [3.8, 4) is 0 Å². The molecule has 2 heterocycles. The van der Waals surface area contributed by atoms with E-state index in [1.54, 1.807) is 11.0 Å². The van der Waals surface area contributed by atoms with E-state index >= 15 is 0 Å². The van der Waals surface area contributed by atoms with Gasteiger partial charge in [-0.2, -0.15) is 13.2 Å². The highest BCUT2D eigenvalue weighted by atomic mass is 19.4. The number of alkyl halides is 3. The van der Waals surface area contributed by atoms with Crippen LogP contribution in [0.15, 0.2) is 24.3 Å². The number of hydrogen-bond donors (Lipinski definition) is 0. The van der Waals surface area contributed by atoms with Crippen molar-refractivity contribution in [1.29, 1.82) is 0 Å². The molecular formula is C18H22F3N3O2. The maximum Gasteiger partial charge on any atom is 0.416 e. The van der Waals surface area contributed by atoms with Crippen LogP contribution in [0.5, 0.6) is 0 Å². The second kappa shape index (κ2) is 6.57. The monoisotopic (exact) mass is 369 g/mol. The molecule has 0 bridgehead atoms. The van der Waals surface area contributed by atoms with E-state index in [9.17, 15) is 22.8 Å². The van der Waals surface area contributed by atoms with Gasteiger partial charge in [-0.15, -0.1) is 0 Å². The molecule has 26 heavy (non-hydrogen) atoms. The van der Waals surface area contributed by atoms with Crippen LogP contribution in [0.25, 0.3) is 0 Å². The Labute approximate surface area is 150 Å². The van der Waals surface area contributed by atoms with E-state index in [4.69, 9.17) is 0 Å². The molecule has 1 spiro atoms. The zero-order valence-corrected chi connectivity index (χ0v) is 14.8. The minimum absolute atomic E-state index is 0.176. The maximum absolute atomic E-state index is 13.2. The van der Waals surface area contributed by atoms with Crippen molar-refractivity contribution in [3.63, 3.8) is 0 Å². The average Bonchev–Trinajstić information content (AvgIpc) is 2.78. The summed E-state index contributed by atoms with van der Waals surface area (Å²) >= 11 is 0. The lowest BCUT2D eigenvalue weighted by molar-refractivity contribution is -0.138. The number of likely N-dealkylation sites (N-methyl/N-ethyl adjacent to an activating group) is 2. The molecule has 2 fully saturated rings. The standard InChI is InChI=1S/C18H22F3N3O2/c1-3-24-16(26)22(2)15(25)17(24)8-10-23(11-9-17)12-13-6-4-5-7-14(13)18(19,20)21/h4-7H,3,8-12H2,1-2H3. The Balaban J connectivity index is 1.74. The van der Waals surface area contributed by atoms with E-state index in [-0.39, 0.29) is 24.0 Å². The summed E-state index contributed by atoms with van der Waals surface area (Å²) in [6.07, 6.45) is -3.52. The summed E-state index contributed by atoms with van der Waals surface area (Å²) in [7, 11) is 1.48. The molecule has 1 aromatic rings. The van der Waals surface area contributed by atoms with Gasteiger partial charge < -0.3 is 4.90 Å². The number of carbonyl (C=O) groups excluding carboxylic acids is 2. The number of benzene rings is 1. The van der Waals surface area contributed by atoms with Gasteiger partial charge in [-0.25, -0.2) is 4.79 Å². The minimum Gasteiger partial charge on any atom is -0.310 e. The molecule has 0 atom stereocenters. The predicted molar refractivity (Wildman–Crippen MR) is 89.2 cm³/mol. The van der Waals surface area contributed by atoms with Crippen molar-refractivity contribution in [2.45, 2.75) is 38.0 Å². The first-order valence-electron chi connectivity index (χ1n) is 8.68. The SMILES string of the molecule is CCN1C(=O)N(C)C(=O)C12CCN(Cc1ccccc1C(F)(F)F)CC2. The van der Waals surface area contributed by atoms with Crippen LogP contribution < -0.4 is 0 Å². The quantitative estimate of drug-likeness (QED) is 0.770. The summed E-state index contributed by atoms with van der Waals surface area (Å²) in [5.41, 5.74) is -1.24. The number of amides is 3. The third kappa shape index (κ3) is 2.96. The first kappa shape index (κ1) is 18.7. The van der Waals surface area contributed by atoms with Crippen LogP contribution in [0.4, 0.5) is 18.0 Å². The Bertz CT molecular complexity index is 712. The number of rotatable bonds is 3. The Morgan fingerprint density at radius 2 is 1.73 bits per heavy atom. The molecule has 0 N–H and O–H groups in total. The van der Waals surface area contributed by atoms with Crippen molar-refractivity contribution in [3.05, 3.63) is 35.4 Å². The molecule has 0 unspecified atom stereocenters. The first-order chi connectivity index (χ1) is 12.2. The number of carbonyl (C=O) groups is 2. The van der Waals surface area contributed by atoms with Crippen molar-refractivity contribution in [2.75, 3.05) is 26.7 Å². The normalized spacial score (nSPS) is 21.1. The predicted octanol–water partition coefficient (Wildman–Crippen LogP) is 2.95. The lowest BCUT2D eigenvalue weighted by Crippen LogP contribution is -2.56. The Morgan fingerprint density at radius 1 is 1.12 bits per heavy atom. The largest absolute Gasteiger partial charge is 0.416 e. The minimum atomic E-state index is -4.39. The highest BCUT2D eigenvalue weighted by Gasteiger charge is 2.56. The highest BCUT2D eigenvalue weighted by Crippen LogP contribution is 2.38. The van der Waals surface area contributed by atoms with Crippen molar-refractivity contribution in [2.24, 2.45) is 0 Å². The van der Waals surface area contributed by atoms with E-state index in [1.165, 1.54) is 19.2 Å². The van der Waals surface area contributed by atoms with Gasteiger partial charge in [0.05, 0.1) is 5.56 Å². The fraction of sp³-hybridized carbons (Fsp3) is 0.556. The number of likely N-dealkylation sites (tertiary alicyclic amines) is 1. The van der Waals surface area contributed by atoms with Crippen LogP contribution in [-0.2, 0) is 17.5 Å². The fourth-order valence-electron chi connectivity index (χ4n) is 4.06. The van der Waals surface area contributed by atoms with Crippen molar-refractivity contribution in [1.82, 2.24) is 14.7 Å². The van der Waals surface area contributed by atoms with Crippen molar-refractivity contribution >= 4 is 11.9 Å². The number of piperidine rings is 1. The number of halogens is 3. The van der Waals surface area contributed by atoms with Gasteiger partial charge >= 0.3 is 12.2 Å². The number of imide groups is 1. The van der Waals surface area contributed by atoms with Gasteiger partial charge in [0, 0.05) is 33.2 Å². The molecule has 1 aromatic carbocycles. The third-order valence-electron chi connectivity index (χ3n) is 5.45. The molecular weight excluding hydrogens is 347 g/mol. The van der Waals surface area contributed by atoms with Crippen LogP contribution >= 0.6 is 0 Å². The van der Waals surface area contributed by atoms with Gasteiger partial charge in [0.15, 0.2) is 0 Å². The summed E-state index contributed by atoms with van der Waals surface area (Å²) < 4.78 is 39.5. The summed E-state index contributed by atoms with van der Waals surface area (Å²) in [5.74, 6) is -0.209. The van der Waals surface area contributed by atoms with Crippen LogP contribution in [0.3, 0.4) is 0 Å². The van der Waals surface area contributed by atoms with Crippen LogP contribution in [0.1, 0.15) is 30.9 Å². The van der Waals surface area contributed by atoms with E-state index in [1.807, 2.05) is 11.8 Å². The lowest BCUT2D eigenvalue weighted by Gasteiger charge is -2.42. The molecule has 2 aliphatic rings. The molecule has 3 amide bonds. The highest BCUT2D eigenvalue weighted by molar-refractivity contribution is 6.06. The van der Waals surface area contributed by atoms with Crippen molar-refractivity contribution < 1.29 is 22.8 Å². The zero-order valence-electron chi connectivity index (χ0n) is 14.8. The molecule has 3 rings (SSSR count). The molecule has 0 radical (unpaired) electrons. The second-order valence-corrected chi connectivity index (χ2v) is 6.85. The molecule has 2 aliphatic heterocycles. The van der Waals surface area contributed by atoms with Gasteiger partial charge in [-0.3, -0.25) is 14.6 Å².